The lowest BCUT2D eigenvalue weighted by Crippen LogP contribution is -2.31. The van der Waals surface area contributed by atoms with Gasteiger partial charge in [-0.3, -0.25) is 4.79 Å². The van der Waals surface area contributed by atoms with Gasteiger partial charge in [0.25, 0.3) is 0 Å². The molecule has 0 bridgehead atoms. The predicted octanol–water partition coefficient (Wildman–Crippen LogP) is 1.52. The van der Waals surface area contributed by atoms with Crippen LogP contribution in [-0.4, -0.2) is 19.0 Å². The highest BCUT2D eigenvalue weighted by molar-refractivity contribution is 5.79. The third-order valence-electron chi connectivity index (χ3n) is 4.19. The minimum Gasteiger partial charge on any atom is -0.356 e. The fourth-order valence-electron chi connectivity index (χ4n) is 2.85. The van der Waals surface area contributed by atoms with E-state index in [4.69, 9.17) is 5.73 Å². The Hall–Kier alpha value is -0.570. The molecule has 2 rings (SSSR count). The number of fused-ring (bicyclic) bond motifs is 1. The van der Waals surface area contributed by atoms with Gasteiger partial charge < -0.3 is 11.1 Å². The van der Waals surface area contributed by atoms with Crippen LogP contribution in [0.4, 0.5) is 0 Å². The van der Waals surface area contributed by atoms with Gasteiger partial charge in [-0.05, 0) is 56.4 Å². The van der Waals surface area contributed by atoms with Crippen LogP contribution in [0.3, 0.4) is 0 Å². The molecule has 92 valence electrons. The molecule has 0 aliphatic heterocycles. The molecular formula is C13H24N2O. The van der Waals surface area contributed by atoms with Crippen molar-refractivity contribution in [1.29, 1.82) is 0 Å². The second-order valence-corrected chi connectivity index (χ2v) is 5.70. The molecule has 16 heavy (non-hydrogen) atoms. The number of hydrogen-bond acceptors (Lipinski definition) is 2. The molecule has 0 aromatic carbocycles. The summed E-state index contributed by atoms with van der Waals surface area (Å²) in [5, 5.41) is 3.07. The van der Waals surface area contributed by atoms with Crippen molar-refractivity contribution in [3.8, 4) is 0 Å². The van der Waals surface area contributed by atoms with E-state index >= 15 is 0 Å². The van der Waals surface area contributed by atoms with Crippen molar-refractivity contribution in [1.82, 2.24) is 5.32 Å². The first kappa shape index (κ1) is 11.9. The molecule has 0 saturated heterocycles. The van der Waals surface area contributed by atoms with E-state index in [1.807, 2.05) is 0 Å². The van der Waals surface area contributed by atoms with Gasteiger partial charge >= 0.3 is 0 Å². The summed E-state index contributed by atoms with van der Waals surface area (Å²) in [4.78, 5) is 11.8. The Morgan fingerprint density at radius 2 is 2.06 bits per heavy atom. The number of carbonyl (C=O) groups excluding carboxylic acids is 1. The van der Waals surface area contributed by atoms with Crippen molar-refractivity contribution < 1.29 is 4.79 Å². The fraction of sp³-hybridized carbons (Fsp3) is 0.923. The quantitative estimate of drug-likeness (QED) is 0.672. The Morgan fingerprint density at radius 1 is 1.38 bits per heavy atom. The summed E-state index contributed by atoms with van der Waals surface area (Å²) in [5.74, 6) is 3.00. The third-order valence-corrected chi connectivity index (χ3v) is 4.19. The van der Waals surface area contributed by atoms with E-state index in [9.17, 15) is 4.79 Å². The number of hydrogen-bond donors (Lipinski definition) is 2. The molecule has 2 aliphatic rings. The van der Waals surface area contributed by atoms with Crippen LogP contribution in [0.25, 0.3) is 0 Å². The Bertz CT molecular complexity index is 244. The van der Waals surface area contributed by atoms with Gasteiger partial charge in [0.15, 0.2) is 0 Å². The Kier molecular flexibility index (Phi) is 3.85. The minimum atomic E-state index is 0.299. The normalized spacial score (nSPS) is 33.2. The van der Waals surface area contributed by atoms with Crippen LogP contribution in [0, 0.1) is 23.7 Å². The lowest BCUT2D eigenvalue weighted by molar-refractivity contribution is -0.125. The van der Waals surface area contributed by atoms with Gasteiger partial charge in [-0.15, -0.1) is 0 Å². The summed E-state index contributed by atoms with van der Waals surface area (Å²) in [6.07, 6.45) is 5.86. The lowest BCUT2D eigenvalue weighted by Gasteiger charge is -2.13. The number of rotatable bonds is 6. The Labute approximate surface area is 98.2 Å². The van der Waals surface area contributed by atoms with Gasteiger partial charge in [0.2, 0.25) is 5.91 Å². The van der Waals surface area contributed by atoms with Crippen molar-refractivity contribution >= 4 is 5.91 Å². The second kappa shape index (κ2) is 5.17. The van der Waals surface area contributed by atoms with E-state index in [0.29, 0.717) is 17.7 Å². The molecule has 2 saturated carbocycles. The molecule has 3 nitrogen and oxygen atoms in total. The highest BCUT2D eigenvalue weighted by atomic mass is 16.1. The molecule has 1 amide bonds. The summed E-state index contributed by atoms with van der Waals surface area (Å²) in [6.45, 7) is 3.74. The van der Waals surface area contributed by atoms with Crippen LogP contribution in [-0.2, 0) is 4.79 Å². The number of nitrogens with two attached hydrogens (primary N) is 1. The first-order valence-electron chi connectivity index (χ1n) is 6.68. The van der Waals surface area contributed by atoms with Crippen molar-refractivity contribution in [3.05, 3.63) is 0 Å². The van der Waals surface area contributed by atoms with Crippen molar-refractivity contribution in [3.63, 3.8) is 0 Å². The van der Waals surface area contributed by atoms with E-state index in [2.05, 4.69) is 12.2 Å². The molecule has 3 unspecified atom stereocenters. The smallest absolute Gasteiger partial charge is 0.223 e. The summed E-state index contributed by atoms with van der Waals surface area (Å²) >= 11 is 0. The molecule has 0 aromatic rings. The summed E-state index contributed by atoms with van der Waals surface area (Å²) < 4.78 is 0. The molecule has 2 fully saturated rings. The van der Waals surface area contributed by atoms with E-state index in [1.165, 1.54) is 6.42 Å². The van der Waals surface area contributed by atoms with Crippen LogP contribution in [0.5, 0.6) is 0 Å². The number of amides is 1. The predicted molar refractivity (Wildman–Crippen MR) is 64.8 cm³/mol. The van der Waals surface area contributed by atoms with E-state index < -0.39 is 0 Å². The molecule has 3 heteroatoms. The first-order chi connectivity index (χ1) is 7.70. The monoisotopic (exact) mass is 224 g/mol. The van der Waals surface area contributed by atoms with Gasteiger partial charge in [-0.1, -0.05) is 6.92 Å². The van der Waals surface area contributed by atoms with Gasteiger partial charge in [0.05, 0.1) is 0 Å². The maximum atomic E-state index is 11.8. The largest absolute Gasteiger partial charge is 0.356 e. The highest BCUT2D eigenvalue weighted by Gasteiger charge is 2.47. The molecule has 0 heterocycles. The first-order valence-corrected chi connectivity index (χ1v) is 6.68. The summed E-state index contributed by atoms with van der Waals surface area (Å²) in [5.41, 5.74) is 5.55. The number of nitrogens with one attached hydrogen (secondary N) is 1. The molecular weight excluding hydrogens is 200 g/mol. The highest BCUT2D eigenvalue weighted by Crippen LogP contribution is 2.54. The van der Waals surface area contributed by atoms with Crippen molar-refractivity contribution in [2.45, 2.75) is 39.0 Å². The maximum Gasteiger partial charge on any atom is 0.223 e. The average molecular weight is 224 g/mol. The summed E-state index contributed by atoms with van der Waals surface area (Å²) in [7, 11) is 0. The third kappa shape index (κ3) is 2.97. The van der Waals surface area contributed by atoms with Crippen LogP contribution in [0.15, 0.2) is 0 Å². The van der Waals surface area contributed by atoms with Crippen LogP contribution >= 0.6 is 0 Å². The zero-order chi connectivity index (χ0) is 11.5. The SMILES string of the molecule is CC(CN)CCCNC(=O)C1CC2CC2C1. The minimum absolute atomic E-state index is 0.299. The molecule has 0 spiro atoms. The van der Waals surface area contributed by atoms with Gasteiger partial charge in [-0.2, -0.15) is 0 Å². The molecule has 3 N–H and O–H groups in total. The molecule has 2 aliphatic carbocycles. The van der Waals surface area contributed by atoms with Crippen LogP contribution in [0.1, 0.15) is 39.0 Å². The topological polar surface area (TPSA) is 55.1 Å². The van der Waals surface area contributed by atoms with Crippen LogP contribution in [0.2, 0.25) is 0 Å². The zero-order valence-electron chi connectivity index (χ0n) is 10.2. The number of carbonyl (C=O) groups is 1. The Balaban J connectivity index is 1.54. The van der Waals surface area contributed by atoms with Gasteiger partial charge in [0, 0.05) is 12.5 Å². The molecule has 0 radical (unpaired) electrons. The summed E-state index contributed by atoms with van der Waals surface area (Å²) in [6, 6.07) is 0. The van der Waals surface area contributed by atoms with Gasteiger partial charge in [0.1, 0.15) is 0 Å². The van der Waals surface area contributed by atoms with E-state index in [1.54, 1.807) is 0 Å². The average Bonchev–Trinajstić information content (AvgIpc) is 2.91. The fourth-order valence-corrected chi connectivity index (χ4v) is 2.85. The van der Waals surface area contributed by atoms with Gasteiger partial charge in [-0.25, -0.2) is 0 Å². The zero-order valence-corrected chi connectivity index (χ0v) is 10.2. The Morgan fingerprint density at radius 3 is 2.69 bits per heavy atom. The second-order valence-electron chi connectivity index (χ2n) is 5.70. The lowest BCUT2D eigenvalue weighted by atomic mass is 10.0. The van der Waals surface area contributed by atoms with Crippen molar-refractivity contribution in [2.75, 3.05) is 13.1 Å². The maximum absolute atomic E-state index is 11.8. The molecule has 0 aromatic heterocycles. The van der Waals surface area contributed by atoms with E-state index in [-0.39, 0.29) is 0 Å². The van der Waals surface area contributed by atoms with Crippen molar-refractivity contribution in [2.24, 2.45) is 29.4 Å². The molecule has 3 atom stereocenters. The van der Waals surface area contributed by atoms with Crippen LogP contribution < -0.4 is 11.1 Å². The van der Waals surface area contributed by atoms with E-state index in [0.717, 1.165) is 50.6 Å². The standard InChI is InChI=1S/C13H24N2O/c1-9(8-14)3-2-4-15-13(16)12-6-10-5-11(10)7-12/h9-12H,2-8,14H2,1H3,(H,15,16).